The molecule has 0 fully saturated rings. The lowest BCUT2D eigenvalue weighted by molar-refractivity contribution is -0.145. The van der Waals surface area contributed by atoms with Gasteiger partial charge in [0.2, 0.25) is 0 Å². The van der Waals surface area contributed by atoms with Crippen molar-refractivity contribution in [3.8, 4) is 0 Å². The van der Waals surface area contributed by atoms with Crippen LogP contribution in [0.5, 0.6) is 0 Å². The monoisotopic (exact) mass is 311 g/mol. The smallest absolute Gasteiger partial charge is 0.315 e. The average Bonchev–Trinajstić information content (AvgIpc) is 2.80. The van der Waals surface area contributed by atoms with Crippen molar-refractivity contribution in [2.45, 2.75) is 59.0 Å². The van der Waals surface area contributed by atoms with Crippen LogP contribution in [-0.4, -0.2) is 24.7 Å². The van der Waals surface area contributed by atoms with E-state index in [0.717, 1.165) is 30.0 Å². The molecule has 0 N–H and O–H groups in total. The number of methoxy groups -OCH3 is 1. The second-order valence-electron chi connectivity index (χ2n) is 6.54. The van der Waals surface area contributed by atoms with Gasteiger partial charge in [-0.15, -0.1) is 11.3 Å². The van der Waals surface area contributed by atoms with E-state index < -0.39 is 0 Å². The second kappa shape index (κ2) is 6.44. The number of aromatic nitrogens is 1. The third kappa shape index (κ3) is 3.46. The number of hydrogen-bond acceptors (Lipinski definition) is 5. The molecule has 1 aliphatic rings. The van der Waals surface area contributed by atoms with E-state index in [2.05, 4.69) is 20.8 Å². The first-order valence-electron chi connectivity index (χ1n) is 7.57. The SMILES string of the molecule is CCOC(=O)C1CCCc2sc(C(OC)C(C)(C)C)nc21. The predicted molar refractivity (Wildman–Crippen MR) is 83.6 cm³/mol. The van der Waals surface area contributed by atoms with Gasteiger partial charge in [-0.1, -0.05) is 20.8 Å². The Balaban J connectivity index is 2.32. The summed E-state index contributed by atoms with van der Waals surface area (Å²) >= 11 is 1.69. The minimum absolute atomic E-state index is 0.0192. The molecule has 21 heavy (non-hydrogen) atoms. The van der Waals surface area contributed by atoms with Gasteiger partial charge in [0.1, 0.15) is 17.0 Å². The van der Waals surface area contributed by atoms with E-state index in [9.17, 15) is 4.79 Å². The molecule has 0 amide bonds. The van der Waals surface area contributed by atoms with Gasteiger partial charge in [-0.05, 0) is 31.6 Å². The molecule has 0 saturated carbocycles. The molecule has 5 heteroatoms. The second-order valence-corrected chi connectivity index (χ2v) is 7.65. The largest absolute Gasteiger partial charge is 0.465 e. The molecule has 0 bridgehead atoms. The van der Waals surface area contributed by atoms with Gasteiger partial charge >= 0.3 is 5.97 Å². The van der Waals surface area contributed by atoms with Crippen LogP contribution in [-0.2, 0) is 20.7 Å². The Kier molecular flexibility index (Phi) is 5.04. The molecule has 0 spiro atoms. The first kappa shape index (κ1) is 16.4. The normalized spacial score (nSPS) is 20.0. The molecule has 2 rings (SSSR count). The summed E-state index contributed by atoms with van der Waals surface area (Å²) in [5.74, 6) is -0.337. The molecule has 118 valence electrons. The van der Waals surface area contributed by atoms with E-state index in [4.69, 9.17) is 14.5 Å². The summed E-state index contributed by atoms with van der Waals surface area (Å²) in [5.41, 5.74) is 0.903. The number of carbonyl (C=O) groups is 1. The summed E-state index contributed by atoms with van der Waals surface area (Å²) in [6.45, 7) is 8.69. The number of fused-ring (bicyclic) bond motifs is 1. The Morgan fingerprint density at radius 1 is 1.48 bits per heavy atom. The first-order chi connectivity index (χ1) is 9.88. The lowest BCUT2D eigenvalue weighted by atomic mass is 9.89. The predicted octanol–water partition coefficient (Wildman–Crippen LogP) is 3.86. The summed E-state index contributed by atoms with van der Waals surface area (Å²) in [7, 11) is 1.72. The fourth-order valence-corrected chi connectivity index (χ4v) is 4.34. The zero-order valence-corrected chi connectivity index (χ0v) is 14.4. The van der Waals surface area contributed by atoms with E-state index in [1.807, 2.05) is 6.92 Å². The van der Waals surface area contributed by atoms with Crippen molar-refractivity contribution in [2.75, 3.05) is 13.7 Å². The molecule has 4 nitrogen and oxygen atoms in total. The average molecular weight is 311 g/mol. The van der Waals surface area contributed by atoms with Crippen LogP contribution in [0.3, 0.4) is 0 Å². The first-order valence-corrected chi connectivity index (χ1v) is 8.39. The van der Waals surface area contributed by atoms with Crippen LogP contribution in [0.4, 0.5) is 0 Å². The highest BCUT2D eigenvalue weighted by Crippen LogP contribution is 2.42. The molecule has 1 aromatic rings. The van der Waals surface area contributed by atoms with Crippen molar-refractivity contribution >= 4 is 17.3 Å². The van der Waals surface area contributed by atoms with Crippen molar-refractivity contribution in [1.82, 2.24) is 4.98 Å². The molecule has 0 radical (unpaired) electrons. The minimum Gasteiger partial charge on any atom is -0.465 e. The summed E-state index contributed by atoms with van der Waals surface area (Å²) < 4.78 is 10.8. The number of hydrogen-bond donors (Lipinski definition) is 0. The Morgan fingerprint density at radius 2 is 2.19 bits per heavy atom. The van der Waals surface area contributed by atoms with Crippen LogP contribution in [0, 0.1) is 5.41 Å². The number of rotatable bonds is 4. The number of esters is 1. The van der Waals surface area contributed by atoms with Crippen molar-refractivity contribution in [3.63, 3.8) is 0 Å². The van der Waals surface area contributed by atoms with Gasteiger partial charge in [0.25, 0.3) is 0 Å². The van der Waals surface area contributed by atoms with Crippen LogP contribution in [0.15, 0.2) is 0 Å². The van der Waals surface area contributed by atoms with E-state index in [1.165, 1.54) is 4.88 Å². The van der Waals surface area contributed by atoms with Gasteiger partial charge in [-0.3, -0.25) is 4.79 Å². The quantitative estimate of drug-likeness (QED) is 0.792. The van der Waals surface area contributed by atoms with Gasteiger partial charge in [-0.2, -0.15) is 0 Å². The molecule has 1 aliphatic carbocycles. The van der Waals surface area contributed by atoms with Gasteiger partial charge in [0.15, 0.2) is 0 Å². The number of thiazole rings is 1. The van der Waals surface area contributed by atoms with Crippen LogP contribution in [0.2, 0.25) is 0 Å². The van der Waals surface area contributed by atoms with E-state index >= 15 is 0 Å². The Morgan fingerprint density at radius 3 is 2.76 bits per heavy atom. The van der Waals surface area contributed by atoms with Gasteiger partial charge in [0, 0.05) is 12.0 Å². The van der Waals surface area contributed by atoms with Crippen LogP contribution in [0.1, 0.15) is 68.1 Å². The lowest BCUT2D eigenvalue weighted by Gasteiger charge is -2.27. The maximum absolute atomic E-state index is 12.1. The van der Waals surface area contributed by atoms with Gasteiger partial charge in [-0.25, -0.2) is 4.98 Å². The summed E-state index contributed by atoms with van der Waals surface area (Å²) in [5, 5.41) is 0.978. The highest BCUT2D eigenvalue weighted by Gasteiger charge is 2.35. The van der Waals surface area contributed by atoms with Gasteiger partial charge in [0.05, 0.1) is 12.3 Å². The minimum atomic E-state index is -0.198. The molecule has 1 heterocycles. The standard InChI is InChI=1S/C16H25NO3S/c1-6-20-15(18)10-8-7-9-11-12(10)17-14(21-11)13(19-5)16(2,3)4/h10,13H,6-9H2,1-5H3. The zero-order chi connectivity index (χ0) is 15.6. The van der Waals surface area contributed by atoms with Crippen molar-refractivity contribution in [3.05, 3.63) is 15.6 Å². The topological polar surface area (TPSA) is 48.4 Å². The summed E-state index contributed by atoms with van der Waals surface area (Å²) in [6.07, 6.45) is 2.81. The lowest BCUT2D eigenvalue weighted by Crippen LogP contribution is -2.22. The van der Waals surface area contributed by atoms with Crippen LogP contribution >= 0.6 is 11.3 Å². The zero-order valence-electron chi connectivity index (χ0n) is 13.6. The Labute approximate surface area is 130 Å². The molecule has 1 aromatic heterocycles. The number of ether oxygens (including phenoxy) is 2. The number of carbonyl (C=O) groups excluding carboxylic acids is 1. The molecule has 0 aliphatic heterocycles. The molecule has 0 aromatic carbocycles. The fourth-order valence-electron chi connectivity index (χ4n) is 2.85. The molecular formula is C16H25NO3S. The van der Waals surface area contributed by atoms with Crippen LogP contribution < -0.4 is 0 Å². The van der Waals surface area contributed by atoms with Crippen molar-refractivity contribution in [2.24, 2.45) is 5.41 Å². The maximum Gasteiger partial charge on any atom is 0.315 e. The summed E-state index contributed by atoms with van der Waals surface area (Å²) in [6, 6.07) is 0. The van der Waals surface area contributed by atoms with Crippen molar-refractivity contribution < 1.29 is 14.3 Å². The molecular weight excluding hydrogens is 286 g/mol. The fraction of sp³-hybridized carbons (Fsp3) is 0.750. The Bertz CT molecular complexity index is 504. The molecule has 0 saturated heterocycles. The number of aryl methyl sites for hydroxylation is 1. The molecule has 2 atom stereocenters. The maximum atomic E-state index is 12.1. The third-order valence-electron chi connectivity index (χ3n) is 3.79. The van der Waals surface area contributed by atoms with E-state index in [0.29, 0.717) is 6.61 Å². The highest BCUT2D eigenvalue weighted by atomic mass is 32.1. The third-order valence-corrected chi connectivity index (χ3v) is 4.96. The summed E-state index contributed by atoms with van der Waals surface area (Å²) in [4.78, 5) is 18.1. The molecule has 2 unspecified atom stereocenters. The van der Waals surface area contributed by atoms with Crippen molar-refractivity contribution in [1.29, 1.82) is 0 Å². The van der Waals surface area contributed by atoms with E-state index in [-0.39, 0.29) is 23.4 Å². The number of nitrogens with zero attached hydrogens (tertiary/aromatic N) is 1. The van der Waals surface area contributed by atoms with Gasteiger partial charge < -0.3 is 9.47 Å². The van der Waals surface area contributed by atoms with E-state index in [1.54, 1.807) is 18.4 Å². The highest BCUT2D eigenvalue weighted by molar-refractivity contribution is 7.11. The Hall–Kier alpha value is -0.940. The van der Waals surface area contributed by atoms with Crippen LogP contribution in [0.25, 0.3) is 0 Å².